The number of hydrogen-bond donors (Lipinski definition) is 0. The van der Waals surface area contributed by atoms with Crippen molar-refractivity contribution in [1.82, 2.24) is 9.55 Å². The number of ether oxygens (including phenoxy) is 3. The Balaban J connectivity index is 1.33. The van der Waals surface area contributed by atoms with Crippen LogP contribution in [0, 0.1) is 0 Å². The van der Waals surface area contributed by atoms with Gasteiger partial charge in [-0.05, 0) is 16.7 Å². The SMILES string of the molecule is O=C(c1ccccc1)c1cn2c(n1)[C@H](OCc1ccccc1)[C@@H](OCc1ccccc1)[C@@H](OCc1ccccc1)C2. The molecule has 6 rings (SSSR count). The Morgan fingerprint density at radius 2 is 1.15 bits per heavy atom. The molecule has 0 unspecified atom stereocenters. The van der Waals surface area contributed by atoms with Crippen LogP contribution in [0.3, 0.4) is 0 Å². The highest BCUT2D eigenvalue weighted by Gasteiger charge is 2.41. The number of rotatable bonds is 11. The molecule has 0 bridgehead atoms. The normalized spacial score (nSPS) is 18.1. The third-order valence-corrected chi connectivity index (χ3v) is 7.24. The molecule has 1 aliphatic heterocycles. The Labute approximate surface area is 240 Å². The van der Waals surface area contributed by atoms with Gasteiger partial charge in [0, 0.05) is 11.8 Å². The van der Waals surface area contributed by atoms with E-state index in [1.165, 1.54) is 0 Å². The number of fused-ring (bicyclic) bond motifs is 1. The van der Waals surface area contributed by atoms with Crippen molar-refractivity contribution in [2.45, 2.75) is 44.7 Å². The van der Waals surface area contributed by atoms with Gasteiger partial charge < -0.3 is 18.8 Å². The van der Waals surface area contributed by atoms with E-state index in [4.69, 9.17) is 19.2 Å². The van der Waals surface area contributed by atoms with Gasteiger partial charge in [0.1, 0.15) is 29.8 Å². The number of carbonyl (C=O) groups excluding carboxylic acids is 1. The largest absolute Gasteiger partial charge is 0.369 e. The Hall–Kier alpha value is -4.36. The van der Waals surface area contributed by atoms with Crippen LogP contribution in [0.1, 0.15) is 44.7 Å². The molecule has 2 heterocycles. The van der Waals surface area contributed by atoms with E-state index in [9.17, 15) is 4.79 Å². The summed E-state index contributed by atoms with van der Waals surface area (Å²) < 4.78 is 21.7. The Morgan fingerprint density at radius 3 is 1.71 bits per heavy atom. The average molecular weight is 545 g/mol. The van der Waals surface area contributed by atoms with E-state index < -0.39 is 12.2 Å². The first-order chi connectivity index (χ1) is 20.2. The van der Waals surface area contributed by atoms with Gasteiger partial charge in [0.05, 0.1) is 26.4 Å². The van der Waals surface area contributed by atoms with Crippen LogP contribution < -0.4 is 0 Å². The molecule has 6 heteroatoms. The van der Waals surface area contributed by atoms with E-state index in [0.29, 0.717) is 43.4 Å². The lowest BCUT2D eigenvalue weighted by Crippen LogP contribution is -2.45. The van der Waals surface area contributed by atoms with E-state index in [1.807, 2.05) is 132 Å². The van der Waals surface area contributed by atoms with Crippen LogP contribution in [0.5, 0.6) is 0 Å². The summed E-state index contributed by atoms with van der Waals surface area (Å²) in [6, 6.07) is 39.4. The molecule has 0 saturated heterocycles. The van der Waals surface area contributed by atoms with Crippen LogP contribution in [-0.4, -0.2) is 27.5 Å². The smallest absolute Gasteiger partial charge is 0.212 e. The second kappa shape index (κ2) is 12.9. The van der Waals surface area contributed by atoms with Crippen LogP contribution in [0.15, 0.2) is 128 Å². The number of benzene rings is 4. The summed E-state index contributed by atoms with van der Waals surface area (Å²) in [5, 5.41) is 0. The summed E-state index contributed by atoms with van der Waals surface area (Å²) in [6.45, 7) is 1.69. The van der Waals surface area contributed by atoms with Gasteiger partial charge >= 0.3 is 0 Å². The monoisotopic (exact) mass is 544 g/mol. The first kappa shape index (κ1) is 26.8. The first-order valence-electron chi connectivity index (χ1n) is 13.9. The molecule has 0 fully saturated rings. The fraction of sp³-hybridized carbons (Fsp3) is 0.200. The number of imidazole rings is 1. The highest BCUT2D eigenvalue weighted by molar-refractivity contribution is 6.07. The highest BCUT2D eigenvalue weighted by Crippen LogP contribution is 2.34. The summed E-state index contributed by atoms with van der Waals surface area (Å²) in [5.41, 5.74) is 4.15. The zero-order chi connectivity index (χ0) is 27.9. The third-order valence-electron chi connectivity index (χ3n) is 7.24. The molecule has 206 valence electrons. The molecule has 4 aromatic carbocycles. The molecular formula is C35H32N2O4. The zero-order valence-corrected chi connectivity index (χ0v) is 22.7. The predicted octanol–water partition coefficient (Wildman–Crippen LogP) is 6.56. The lowest BCUT2D eigenvalue weighted by Gasteiger charge is -2.38. The molecule has 1 aromatic heterocycles. The molecule has 0 amide bonds. The maximum absolute atomic E-state index is 13.4. The summed E-state index contributed by atoms with van der Waals surface area (Å²) in [5.74, 6) is 0.538. The predicted molar refractivity (Wildman–Crippen MR) is 156 cm³/mol. The van der Waals surface area contributed by atoms with E-state index in [2.05, 4.69) is 0 Å². The van der Waals surface area contributed by atoms with Gasteiger partial charge in [0.2, 0.25) is 5.78 Å². The van der Waals surface area contributed by atoms with Crippen molar-refractivity contribution >= 4 is 5.78 Å². The van der Waals surface area contributed by atoms with Gasteiger partial charge in [-0.2, -0.15) is 0 Å². The quantitative estimate of drug-likeness (QED) is 0.176. The van der Waals surface area contributed by atoms with Gasteiger partial charge in [-0.25, -0.2) is 4.98 Å². The molecule has 0 radical (unpaired) electrons. The topological polar surface area (TPSA) is 62.6 Å². The molecule has 6 nitrogen and oxygen atoms in total. The molecule has 41 heavy (non-hydrogen) atoms. The molecule has 5 aromatic rings. The minimum Gasteiger partial charge on any atom is -0.369 e. The van der Waals surface area contributed by atoms with Gasteiger partial charge in [0.15, 0.2) is 0 Å². The molecule has 0 spiro atoms. The van der Waals surface area contributed by atoms with E-state index >= 15 is 0 Å². The molecule has 0 aliphatic carbocycles. The summed E-state index contributed by atoms with van der Waals surface area (Å²) in [6.07, 6.45) is 0.486. The number of ketones is 1. The van der Waals surface area contributed by atoms with Gasteiger partial charge in [-0.1, -0.05) is 121 Å². The first-order valence-corrected chi connectivity index (χ1v) is 13.9. The minimum atomic E-state index is -0.550. The van der Waals surface area contributed by atoms with Crippen LogP contribution in [0.2, 0.25) is 0 Å². The second-order valence-corrected chi connectivity index (χ2v) is 10.1. The fourth-order valence-corrected chi connectivity index (χ4v) is 5.11. The van der Waals surface area contributed by atoms with Crippen molar-refractivity contribution < 1.29 is 19.0 Å². The van der Waals surface area contributed by atoms with Gasteiger partial charge in [-0.3, -0.25) is 4.79 Å². The van der Waals surface area contributed by atoms with Crippen LogP contribution >= 0.6 is 0 Å². The number of nitrogens with zero attached hydrogens (tertiary/aromatic N) is 2. The van der Waals surface area contributed by atoms with Gasteiger partial charge in [-0.15, -0.1) is 0 Å². The molecule has 1 aliphatic rings. The minimum absolute atomic E-state index is 0.127. The van der Waals surface area contributed by atoms with Crippen LogP contribution in [0.4, 0.5) is 0 Å². The van der Waals surface area contributed by atoms with Crippen molar-refractivity contribution in [2.75, 3.05) is 0 Å². The van der Waals surface area contributed by atoms with Crippen molar-refractivity contribution in [1.29, 1.82) is 0 Å². The highest BCUT2D eigenvalue weighted by atomic mass is 16.6. The van der Waals surface area contributed by atoms with Crippen molar-refractivity contribution in [2.24, 2.45) is 0 Å². The second-order valence-electron chi connectivity index (χ2n) is 10.1. The average Bonchev–Trinajstić information content (AvgIpc) is 3.47. The summed E-state index contributed by atoms with van der Waals surface area (Å²) in [4.78, 5) is 18.2. The van der Waals surface area contributed by atoms with E-state index in [-0.39, 0.29) is 11.9 Å². The van der Waals surface area contributed by atoms with E-state index in [0.717, 1.165) is 16.7 Å². The molecule has 0 N–H and O–H groups in total. The van der Waals surface area contributed by atoms with Crippen molar-refractivity contribution in [3.8, 4) is 0 Å². The molecule has 0 saturated carbocycles. The Morgan fingerprint density at radius 1 is 0.659 bits per heavy atom. The zero-order valence-electron chi connectivity index (χ0n) is 22.7. The Bertz CT molecular complexity index is 1540. The lowest BCUT2D eigenvalue weighted by molar-refractivity contribution is -0.171. The number of carbonyl (C=O) groups is 1. The standard InChI is InChI=1S/C35H32N2O4/c38-32(29-19-11-4-12-20-29)30-21-37-22-31(39-23-26-13-5-1-6-14-26)33(40-24-27-15-7-2-8-16-27)34(35(37)36-30)41-25-28-17-9-3-10-18-28/h1-21,31,33-34H,22-25H2/t31-,33-,34+/m0/s1. The third kappa shape index (κ3) is 6.52. The lowest BCUT2D eigenvalue weighted by atomic mass is 10.0. The maximum atomic E-state index is 13.4. The Kier molecular flexibility index (Phi) is 8.43. The molecule has 3 atom stereocenters. The summed E-state index contributed by atoms with van der Waals surface area (Å²) >= 11 is 0. The van der Waals surface area contributed by atoms with Crippen LogP contribution in [0.25, 0.3) is 0 Å². The van der Waals surface area contributed by atoms with E-state index in [1.54, 1.807) is 0 Å². The maximum Gasteiger partial charge on any atom is 0.212 e. The number of hydrogen-bond acceptors (Lipinski definition) is 5. The summed E-state index contributed by atoms with van der Waals surface area (Å²) in [7, 11) is 0. The number of aromatic nitrogens is 2. The van der Waals surface area contributed by atoms with Gasteiger partial charge in [0.25, 0.3) is 0 Å². The fourth-order valence-electron chi connectivity index (χ4n) is 5.11. The van der Waals surface area contributed by atoms with Crippen molar-refractivity contribution in [3.63, 3.8) is 0 Å². The van der Waals surface area contributed by atoms with Crippen LogP contribution in [-0.2, 0) is 40.6 Å². The van der Waals surface area contributed by atoms with Crippen molar-refractivity contribution in [3.05, 3.63) is 161 Å². The molecular weight excluding hydrogens is 512 g/mol.